The number of halogens is 3. The minimum Gasteiger partial charge on any atom is -0.388 e. The zero-order valence-electron chi connectivity index (χ0n) is 11.0. The van der Waals surface area contributed by atoms with E-state index in [4.69, 9.17) is 0 Å². The molecule has 2 aromatic rings. The minimum absolute atomic E-state index is 0.175. The standard InChI is InChI=1S/C14H14F3NO2S/c15-14(16,17)9-20-7-13-18-11(8-21-13)6-12(19)10-4-2-1-3-5-10/h1-5,8,12,19H,6-7,9H2. The summed E-state index contributed by atoms with van der Waals surface area (Å²) in [7, 11) is 0. The van der Waals surface area contributed by atoms with Gasteiger partial charge >= 0.3 is 6.18 Å². The molecule has 1 unspecified atom stereocenters. The monoisotopic (exact) mass is 317 g/mol. The Hall–Kier alpha value is -1.44. The van der Waals surface area contributed by atoms with Gasteiger partial charge in [-0.25, -0.2) is 4.98 Å². The van der Waals surface area contributed by atoms with Gasteiger partial charge in [-0.15, -0.1) is 11.3 Å². The lowest BCUT2D eigenvalue weighted by Gasteiger charge is -2.08. The van der Waals surface area contributed by atoms with Gasteiger partial charge in [0.05, 0.1) is 18.4 Å². The van der Waals surface area contributed by atoms with Crippen molar-refractivity contribution in [2.24, 2.45) is 0 Å². The first-order chi connectivity index (χ1) is 9.94. The SMILES string of the molecule is OC(Cc1csc(COCC(F)(F)F)n1)c1ccccc1. The van der Waals surface area contributed by atoms with Gasteiger partial charge in [-0.05, 0) is 5.56 Å². The third-order valence-electron chi connectivity index (χ3n) is 2.68. The van der Waals surface area contributed by atoms with Crippen molar-refractivity contribution < 1.29 is 23.0 Å². The van der Waals surface area contributed by atoms with Crippen LogP contribution in [0.15, 0.2) is 35.7 Å². The Morgan fingerprint density at radius 1 is 1.24 bits per heavy atom. The highest BCUT2D eigenvalue weighted by Crippen LogP contribution is 2.21. The fourth-order valence-electron chi connectivity index (χ4n) is 1.75. The van der Waals surface area contributed by atoms with Crippen molar-refractivity contribution in [1.82, 2.24) is 4.98 Å². The van der Waals surface area contributed by atoms with E-state index in [0.717, 1.165) is 5.56 Å². The first-order valence-corrected chi connectivity index (χ1v) is 7.13. The molecule has 0 aliphatic heterocycles. The lowest BCUT2D eigenvalue weighted by molar-refractivity contribution is -0.176. The molecule has 0 amide bonds. The molecule has 0 saturated heterocycles. The predicted octanol–water partition coefficient (Wildman–Crippen LogP) is 3.50. The maximum Gasteiger partial charge on any atom is 0.411 e. The van der Waals surface area contributed by atoms with Crippen molar-refractivity contribution in [2.45, 2.75) is 25.3 Å². The fraction of sp³-hybridized carbons (Fsp3) is 0.357. The Morgan fingerprint density at radius 3 is 2.62 bits per heavy atom. The van der Waals surface area contributed by atoms with Crippen molar-refractivity contribution in [3.8, 4) is 0 Å². The Balaban J connectivity index is 1.86. The summed E-state index contributed by atoms with van der Waals surface area (Å²) in [6.45, 7) is -1.46. The van der Waals surface area contributed by atoms with Crippen LogP contribution in [0, 0.1) is 0 Å². The summed E-state index contributed by atoms with van der Waals surface area (Å²) in [5.41, 5.74) is 1.42. The van der Waals surface area contributed by atoms with Crippen LogP contribution in [0.1, 0.15) is 22.4 Å². The fourth-order valence-corrected chi connectivity index (χ4v) is 2.50. The van der Waals surface area contributed by atoms with Crippen LogP contribution in [-0.4, -0.2) is 22.9 Å². The van der Waals surface area contributed by atoms with Gasteiger partial charge in [0.1, 0.15) is 11.6 Å². The summed E-state index contributed by atoms with van der Waals surface area (Å²) in [5, 5.41) is 12.2. The Morgan fingerprint density at radius 2 is 1.95 bits per heavy atom. The number of ether oxygens (including phenoxy) is 1. The molecule has 0 aliphatic carbocycles. The first kappa shape index (κ1) is 15.9. The van der Waals surface area contributed by atoms with E-state index in [-0.39, 0.29) is 6.61 Å². The summed E-state index contributed by atoms with van der Waals surface area (Å²) < 4.78 is 40.4. The maximum absolute atomic E-state index is 11.9. The number of benzene rings is 1. The Bertz CT molecular complexity index is 557. The largest absolute Gasteiger partial charge is 0.411 e. The number of hydrogen-bond donors (Lipinski definition) is 1. The zero-order valence-corrected chi connectivity index (χ0v) is 11.8. The topological polar surface area (TPSA) is 42.4 Å². The van der Waals surface area contributed by atoms with Gasteiger partial charge in [0, 0.05) is 11.8 Å². The third-order valence-corrected chi connectivity index (χ3v) is 3.55. The van der Waals surface area contributed by atoms with Crippen LogP contribution in [0.25, 0.3) is 0 Å². The van der Waals surface area contributed by atoms with Crippen molar-refractivity contribution in [2.75, 3.05) is 6.61 Å². The molecule has 0 radical (unpaired) electrons. The van der Waals surface area contributed by atoms with Crippen LogP contribution in [0.2, 0.25) is 0 Å². The number of alkyl halides is 3. The average Bonchev–Trinajstić information content (AvgIpc) is 2.86. The van der Waals surface area contributed by atoms with Crippen LogP contribution in [-0.2, 0) is 17.8 Å². The van der Waals surface area contributed by atoms with E-state index in [1.807, 2.05) is 30.3 Å². The highest BCUT2D eigenvalue weighted by atomic mass is 32.1. The lowest BCUT2D eigenvalue weighted by atomic mass is 10.1. The predicted molar refractivity (Wildman–Crippen MR) is 72.9 cm³/mol. The summed E-state index contributed by atoms with van der Waals surface area (Å²) in [5.74, 6) is 0. The van der Waals surface area contributed by atoms with Gasteiger partial charge in [0.15, 0.2) is 0 Å². The molecular weight excluding hydrogens is 303 g/mol. The number of aliphatic hydroxyl groups is 1. The molecule has 1 aromatic carbocycles. The molecule has 0 bridgehead atoms. The molecule has 114 valence electrons. The van der Waals surface area contributed by atoms with Crippen molar-refractivity contribution in [3.05, 3.63) is 52.0 Å². The normalized spacial score (nSPS) is 13.3. The Labute approximate surface area is 124 Å². The quantitative estimate of drug-likeness (QED) is 0.887. The molecule has 0 saturated carbocycles. The van der Waals surface area contributed by atoms with Crippen LogP contribution < -0.4 is 0 Å². The molecular formula is C14H14F3NO2S. The molecule has 7 heteroatoms. The van der Waals surface area contributed by atoms with Crippen molar-refractivity contribution in [3.63, 3.8) is 0 Å². The second kappa shape index (κ2) is 7.02. The highest BCUT2D eigenvalue weighted by molar-refractivity contribution is 7.09. The first-order valence-electron chi connectivity index (χ1n) is 6.25. The van der Waals surface area contributed by atoms with Gasteiger partial charge in [0.25, 0.3) is 0 Å². The molecule has 0 fully saturated rings. The molecule has 1 N–H and O–H groups in total. The van der Waals surface area contributed by atoms with Gasteiger partial charge in [0.2, 0.25) is 0 Å². The number of aliphatic hydroxyl groups excluding tert-OH is 1. The number of nitrogens with zero attached hydrogens (tertiary/aromatic N) is 1. The second-order valence-electron chi connectivity index (χ2n) is 4.47. The molecule has 1 atom stereocenters. The van der Waals surface area contributed by atoms with E-state index in [1.165, 1.54) is 11.3 Å². The van der Waals surface area contributed by atoms with Gasteiger partial charge in [-0.3, -0.25) is 0 Å². The minimum atomic E-state index is -4.33. The molecule has 3 nitrogen and oxygen atoms in total. The van der Waals surface area contributed by atoms with E-state index in [2.05, 4.69) is 9.72 Å². The lowest BCUT2D eigenvalue weighted by Crippen LogP contribution is -2.16. The van der Waals surface area contributed by atoms with Crippen molar-refractivity contribution in [1.29, 1.82) is 0 Å². The molecule has 1 heterocycles. The summed E-state index contributed by atoms with van der Waals surface area (Å²) in [6.07, 6.45) is -4.69. The molecule has 2 rings (SSSR count). The number of hydrogen-bond acceptors (Lipinski definition) is 4. The van der Waals surface area contributed by atoms with E-state index >= 15 is 0 Å². The average molecular weight is 317 g/mol. The van der Waals surface area contributed by atoms with E-state index in [1.54, 1.807) is 5.38 Å². The van der Waals surface area contributed by atoms with Crippen LogP contribution in [0.4, 0.5) is 13.2 Å². The summed E-state index contributed by atoms with van der Waals surface area (Å²) in [4.78, 5) is 4.16. The molecule has 21 heavy (non-hydrogen) atoms. The third kappa shape index (κ3) is 5.45. The number of aromatic nitrogens is 1. The van der Waals surface area contributed by atoms with Crippen LogP contribution in [0.5, 0.6) is 0 Å². The number of thiazole rings is 1. The zero-order chi connectivity index (χ0) is 15.3. The van der Waals surface area contributed by atoms with E-state index in [0.29, 0.717) is 17.1 Å². The van der Waals surface area contributed by atoms with Gasteiger partial charge < -0.3 is 9.84 Å². The second-order valence-corrected chi connectivity index (χ2v) is 5.41. The summed E-state index contributed by atoms with van der Waals surface area (Å²) >= 11 is 1.22. The van der Waals surface area contributed by atoms with Crippen molar-refractivity contribution >= 4 is 11.3 Å². The molecule has 1 aromatic heterocycles. The molecule has 0 aliphatic rings. The smallest absolute Gasteiger partial charge is 0.388 e. The number of rotatable bonds is 6. The van der Waals surface area contributed by atoms with Crippen LogP contribution in [0.3, 0.4) is 0 Å². The van der Waals surface area contributed by atoms with Gasteiger partial charge in [-0.1, -0.05) is 30.3 Å². The van der Waals surface area contributed by atoms with E-state index < -0.39 is 18.9 Å². The summed E-state index contributed by atoms with van der Waals surface area (Å²) in [6, 6.07) is 9.13. The van der Waals surface area contributed by atoms with E-state index in [9.17, 15) is 18.3 Å². The molecule has 0 spiro atoms. The van der Waals surface area contributed by atoms with Crippen LogP contribution >= 0.6 is 11.3 Å². The van der Waals surface area contributed by atoms with Gasteiger partial charge in [-0.2, -0.15) is 13.2 Å². The maximum atomic E-state index is 11.9. The highest BCUT2D eigenvalue weighted by Gasteiger charge is 2.27. The Kier molecular flexibility index (Phi) is 5.33.